The van der Waals surface area contributed by atoms with Gasteiger partial charge in [0.25, 0.3) is 0 Å². The molecule has 0 saturated heterocycles. The van der Waals surface area contributed by atoms with E-state index in [2.05, 4.69) is 15.9 Å². The van der Waals surface area contributed by atoms with Gasteiger partial charge in [0.2, 0.25) is 0 Å². The fourth-order valence-electron chi connectivity index (χ4n) is 1.43. The van der Waals surface area contributed by atoms with Crippen molar-refractivity contribution in [3.8, 4) is 0 Å². The van der Waals surface area contributed by atoms with Crippen molar-refractivity contribution < 1.29 is 23.1 Å². The van der Waals surface area contributed by atoms with Gasteiger partial charge in [-0.15, -0.1) is 11.3 Å². The maximum Gasteiger partial charge on any atom is 0.417 e. The standard InChI is InChI=1S/C10H4BrF3O2S/c11-5-1-4-2-7(9(15)16)17-8(4)6(3-5)10(12,13)14/h1-3H,(H,15,16). The lowest BCUT2D eigenvalue weighted by molar-refractivity contribution is -0.136. The number of thiophene rings is 1. The van der Waals surface area contributed by atoms with Crippen LogP contribution >= 0.6 is 27.3 Å². The van der Waals surface area contributed by atoms with Crippen LogP contribution in [-0.2, 0) is 6.18 Å². The van der Waals surface area contributed by atoms with Crippen LogP contribution in [0, 0.1) is 0 Å². The van der Waals surface area contributed by atoms with Crippen molar-refractivity contribution in [2.75, 3.05) is 0 Å². The molecule has 0 unspecified atom stereocenters. The van der Waals surface area contributed by atoms with Crippen molar-refractivity contribution in [2.24, 2.45) is 0 Å². The highest BCUT2D eigenvalue weighted by Crippen LogP contribution is 2.40. The Kier molecular flexibility index (Phi) is 2.90. The third kappa shape index (κ3) is 2.30. The predicted molar refractivity (Wildman–Crippen MR) is 61.5 cm³/mol. The molecule has 90 valence electrons. The van der Waals surface area contributed by atoms with Gasteiger partial charge in [-0.2, -0.15) is 13.2 Å². The average molecular weight is 325 g/mol. The SMILES string of the molecule is O=C(O)c1cc2cc(Br)cc(C(F)(F)F)c2s1. The van der Waals surface area contributed by atoms with Crippen LogP contribution in [0.3, 0.4) is 0 Å². The number of carboxylic acids is 1. The zero-order valence-corrected chi connectivity index (χ0v) is 10.4. The molecule has 2 rings (SSSR count). The van der Waals surface area contributed by atoms with Crippen LogP contribution < -0.4 is 0 Å². The monoisotopic (exact) mass is 324 g/mol. The van der Waals surface area contributed by atoms with E-state index in [1.807, 2.05) is 0 Å². The summed E-state index contributed by atoms with van der Waals surface area (Å²) in [4.78, 5) is 10.6. The first kappa shape index (κ1) is 12.4. The topological polar surface area (TPSA) is 37.3 Å². The van der Waals surface area contributed by atoms with Gasteiger partial charge in [0.05, 0.1) is 5.56 Å². The quantitative estimate of drug-likeness (QED) is 0.845. The summed E-state index contributed by atoms with van der Waals surface area (Å²) in [6.07, 6.45) is -4.50. The molecule has 0 bridgehead atoms. The molecular formula is C10H4BrF3O2S. The minimum atomic E-state index is -4.50. The number of halogens is 4. The molecule has 0 radical (unpaired) electrons. The molecule has 0 aliphatic rings. The van der Waals surface area contributed by atoms with Crippen molar-refractivity contribution in [3.05, 3.63) is 33.1 Å². The minimum Gasteiger partial charge on any atom is -0.477 e. The molecule has 0 amide bonds. The van der Waals surface area contributed by atoms with Crippen LogP contribution in [0.25, 0.3) is 10.1 Å². The molecule has 0 spiro atoms. The summed E-state index contributed by atoms with van der Waals surface area (Å²) in [6, 6.07) is 3.65. The Labute approximate surface area is 106 Å². The lowest BCUT2D eigenvalue weighted by Gasteiger charge is -2.08. The van der Waals surface area contributed by atoms with Crippen LogP contribution in [0.15, 0.2) is 22.7 Å². The summed E-state index contributed by atoms with van der Waals surface area (Å²) in [5.41, 5.74) is -0.820. The summed E-state index contributed by atoms with van der Waals surface area (Å²) in [5.74, 6) is -1.23. The van der Waals surface area contributed by atoms with E-state index in [0.717, 1.165) is 6.07 Å². The van der Waals surface area contributed by atoms with Crippen LogP contribution in [0.4, 0.5) is 13.2 Å². The zero-order chi connectivity index (χ0) is 12.8. The highest BCUT2D eigenvalue weighted by molar-refractivity contribution is 9.10. The fraction of sp³-hybridized carbons (Fsp3) is 0.100. The first-order valence-electron chi connectivity index (χ1n) is 4.32. The summed E-state index contributed by atoms with van der Waals surface area (Å²) in [5, 5.41) is 9.04. The van der Waals surface area contributed by atoms with Gasteiger partial charge in [-0.1, -0.05) is 15.9 Å². The molecule has 0 aliphatic carbocycles. The lowest BCUT2D eigenvalue weighted by atomic mass is 10.1. The van der Waals surface area contributed by atoms with Gasteiger partial charge in [-0.3, -0.25) is 0 Å². The molecule has 7 heteroatoms. The van der Waals surface area contributed by atoms with Crippen molar-refractivity contribution in [1.29, 1.82) is 0 Å². The summed E-state index contributed by atoms with van der Waals surface area (Å²) < 4.78 is 38.5. The van der Waals surface area contributed by atoms with E-state index in [1.54, 1.807) is 0 Å². The summed E-state index contributed by atoms with van der Waals surface area (Å²) >= 11 is 3.61. The fourth-order valence-corrected chi connectivity index (χ4v) is 2.92. The molecule has 0 atom stereocenters. The Morgan fingerprint density at radius 3 is 2.47 bits per heavy atom. The molecule has 0 fully saturated rings. The second kappa shape index (κ2) is 3.99. The number of carboxylic acid groups (broad SMARTS) is 1. The molecule has 1 aromatic carbocycles. The van der Waals surface area contributed by atoms with Crippen molar-refractivity contribution in [2.45, 2.75) is 6.18 Å². The van der Waals surface area contributed by atoms with E-state index in [9.17, 15) is 18.0 Å². The number of fused-ring (bicyclic) bond motifs is 1. The Morgan fingerprint density at radius 2 is 1.94 bits per heavy atom. The first-order chi connectivity index (χ1) is 7.79. The maximum atomic E-state index is 12.7. The van der Waals surface area contributed by atoms with Crippen LogP contribution in [0.2, 0.25) is 0 Å². The van der Waals surface area contributed by atoms with E-state index >= 15 is 0 Å². The van der Waals surface area contributed by atoms with Gasteiger partial charge >= 0.3 is 12.1 Å². The van der Waals surface area contributed by atoms with Crippen molar-refractivity contribution in [1.82, 2.24) is 0 Å². The van der Waals surface area contributed by atoms with Crippen LogP contribution in [0.1, 0.15) is 15.2 Å². The summed E-state index contributed by atoms with van der Waals surface area (Å²) in [6.45, 7) is 0. The number of rotatable bonds is 1. The molecule has 0 saturated carbocycles. The van der Waals surface area contributed by atoms with E-state index in [0.29, 0.717) is 11.3 Å². The number of alkyl halides is 3. The number of hydrogen-bond acceptors (Lipinski definition) is 2. The minimum absolute atomic E-state index is 0.0573. The molecule has 2 nitrogen and oxygen atoms in total. The smallest absolute Gasteiger partial charge is 0.417 e. The third-order valence-electron chi connectivity index (χ3n) is 2.10. The van der Waals surface area contributed by atoms with Gasteiger partial charge in [0.15, 0.2) is 0 Å². The van der Waals surface area contributed by atoms with E-state index < -0.39 is 17.7 Å². The van der Waals surface area contributed by atoms with Crippen LogP contribution in [0.5, 0.6) is 0 Å². The number of benzene rings is 1. The molecule has 1 heterocycles. The molecular weight excluding hydrogens is 321 g/mol. The molecule has 0 aliphatic heterocycles. The average Bonchev–Trinajstić information content (AvgIpc) is 2.58. The second-order valence-corrected chi connectivity index (χ2v) is 5.25. The van der Waals surface area contributed by atoms with Gasteiger partial charge in [-0.05, 0) is 23.6 Å². The van der Waals surface area contributed by atoms with E-state index in [4.69, 9.17) is 5.11 Å². The molecule has 1 aromatic heterocycles. The molecule has 17 heavy (non-hydrogen) atoms. The van der Waals surface area contributed by atoms with E-state index in [-0.39, 0.29) is 19.4 Å². The van der Waals surface area contributed by atoms with Crippen molar-refractivity contribution >= 4 is 43.3 Å². The second-order valence-electron chi connectivity index (χ2n) is 3.29. The van der Waals surface area contributed by atoms with E-state index in [1.165, 1.54) is 12.1 Å². The largest absolute Gasteiger partial charge is 0.477 e. The summed E-state index contributed by atoms with van der Waals surface area (Å²) in [7, 11) is 0. The third-order valence-corrected chi connectivity index (χ3v) is 3.73. The molecule has 1 N–H and O–H groups in total. The Hall–Kier alpha value is -1.08. The van der Waals surface area contributed by atoms with Crippen molar-refractivity contribution in [3.63, 3.8) is 0 Å². The van der Waals surface area contributed by atoms with Gasteiger partial charge < -0.3 is 5.11 Å². The number of hydrogen-bond donors (Lipinski definition) is 1. The normalized spacial score (nSPS) is 12.0. The first-order valence-corrected chi connectivity index (χ1v) is 5.93. The Morgan fingerprint density at radius 1 is 1.29 bits per heavy atom. The number of aromatic carboxylic acids is 1. The predicted octanol–water partition coefficient (Wildman–Crippen LogP) is 4.38. The van der Waals surface area contributed by atoms with Gasteiger partial charge in [0.1, 0.15) is 4.88 Å². The molecule has 2 aromatic rings. The maximum absolute atomic E-state index is 12.7. The van der Waals surface area contributed by atoms with Crippen LogP contribution in [-0.4, -0.2) is 11.1 Å². The number of carbonyl (C=O) groups is 1. The van der Waals surface area contributed by atoms with Gasteiger partial charge in [0, 0.05) is 9.17 Å². The highest BCUT2D eigenvalue weighted by atomic mass is 79.9. The lowest BCUT2D eigenvalue weighted by Crippen LogP contribution is -2.04. The highest BCUT2D eigenvalue weighted by Gasteiger charge is 2.34. The Bertz CT molecular complexity index is 603. The van der Waals surface area contributed by atoms with Gasteiger partial charge in [-0.25, -0.2) is 4.79 Å². The zero-order valence-electron chi connectivity index (χ0n) is 8.01. The Balaban J connectivity index is 2.79.